The monoisotopic (exact) mass is 386 g/mol. The lowest BCUT2D eigenvalue weighted by Crippen LogP contribution is -2.47. The standard InChI is InChI=1S/C21H20ClFN2O2/c22-18-11-16(23)8-7-15(18)12-24-20(26)19-17-4-2-1-3-13(17)9-10-25(19)21(27)14-5-6-14/h1-4,7-8,11,14,19H,5-6,9-10,12H2,(H,24,26)/t19-/m0/s1. The van der Waals surface area contributed by atoms with Gasteiger partial charge in [0.25, 0.3) is 0 Å². The van der Waals surface area contributed by atoms with Gasteiger partial charge in [0.1, 0.15) is 11.9 Å². The molecule has 0 spiro atoms. The van der Waals surface area contributed by atoms with Crippen LogP contribution in [0.5, 0.6) is 0 Å². The Balaban J connectivity index is 1.57. The van der Waals surface area contributed by atoms with Crippen molar-refractivity contribution in [3.63, 3.8) is 0 Å². The molecule has 2 amide bonds. The van der Waals surface area contributed by atoms with Crippen molar-refractivity contribution in [2.75, 3.05) is 6.54 Å². The second kappa shape index (κ2) is 7.31. The molecule has 1 aliphatic carbocycles. The Morgan fingerprint density at radius 2 is 1.96 bits per heavy atom. The molecule has 2 aromatic rings. The van der Waals surface area contributed by atoms with E-state index >= 15 is 0 Å². The van der Waals surface area contributed by atoms with Crippen molar-refractivity contribution in [3.8, 4) is 0 Å². The summed E-state index contributed by atoms with van der Waals surface area (Å²) in [6, 6.07) is 11.2. The Hall–Kier alpha value is -2.40. The van der Waals surface area contributed by atoms with Gasteiger partial charge in [-0.15, -0.1) is 0 Å². The van der Waals surface area contributed by atoms with E-state index in [1.165, 1.54) is 12.1 Å². The van der Waals surface area contributed by atoms with E-state index in [1.807, 2.05) is 24.3 Å². The van der Waals surface area contributed by atoms with Crippen LogP contribution in [0.15, 0.2) is 42.5 Å². The number of amides is 2. The quantitative estimate of drug-likeness (QED) is 0.872. The highest BCUT2D eigenvalue weighted by molar-refractivity contribution is 6.31. The summed E-state index contributed by atoms with van der Waals surface area (Å²) in [5.74, 6) is -0.546. The summed E-state index contributed by atoms with van der Waals surface area (Å²) in [7, 11) is 0. The van der Waals surface area contributed by atoms with Gasteiger partial charge < -0.3 is 10.2 Å². The molecular formula is C21H20ClFN2O2. The maximum atomic E-state index is 13.2. The van der Waals surface area contributed by atoms with Crippen molar-refractivity contribution < 1.29 is 14.0 Å². The highest BCUT2D eigenvalue weighted by Gasteiger charge is 2.41. The van der Waals surface area contributed by atoms with Crippen molar-refractivity contribution in [2.24, 2.45) is 5.92 Å². The smallest absolute Gasteiger partial charge is 0.247 e. The van der Waals surface area contributed by atoms with Gasteiger partial charge in [-0.05, 0) is 48.1 Å². The molecule has 1 aliphatic heterocycles. The van der Waals surface area contributed by atoms with E-state index in [1.54, 1.807) is 11.0 Å². The zero-order valence-electron chi connectivity index (χ0n) is 14.8. The Kier molecular flexibility index (Phi) is 4.87. The van der Waals surface area contributed by atoms with Crippen LogP contribution < -0.4 is 5.32 Å². The van der Waals surface area contributed by atoms with Gasteiger partial charge in [0.05, 0.1) is 0 Å². The highest BCUT2D eigenvalue weighted by atomic mass is 35.5. The molecule has 4 rings (SSSR count). The summed E-state index contributed by atoms with van der Waals surface area (Å²) in [5.41, 5.74) is 2.60. The van der Waals surface area contributed by atoms with Crippen LogP contribution in [-0.2, 0) is 22.6 Å². The number of rotatable bonds is 4. The van der Waals surface area contributed by atoms with Gasteiger partial charge in [-0.1, -0.05) is 41.9 Å². The van der Waals surface area contributed by atoms with Gasteiger partial charge >= 0.3 is 0 Å². The summed E-state index contributed by atoms with van der Waals surface area (Å²) in [6.07, 6.45) is 2.55. The number of benzene rings is 2. The molecule has 2 aliphatic rings. The van der Waals surface area contributed by atoms with E-state index in [-0.39, 0.29) is 29.3 Å². The molecule has 140 valence electrons. The van der Waals surface area contributed by atoms with Crippen LogP contribution in [0.25, 0.3) is 0 Å². The molecule has 1 fully saturated rings. The second-order valence-corrected chi connectivity index (χ2v) is 7.52. The number of nitrogens with one attached hydrogen (secondary N) is 1. The minimum absolute atomic E-state index is 0.0529. The SMILES string of the molecule is O=C(NCc1ccc(F)cc1Cl)[C@@H]1c2ccccc2CCN1C(=O)C1CC1. The Morgan fingerprint density at radius 3 is 2.70 bits per heavy atom. The van der Waals surface area contributed by atoms with E-state index in [9.17, 15) is 14.0 Å². The van der Waals surface area contributed by atoms with Crippen LogP contribution >= 0.6 is 11.6 Å². The van der Waals surface area contributed by atoms with Crippen molar-refractivity contribution in [1.82, 2.24) is 10.2 Å². The zero-order valence-corrected chi connectivity index (χ0v) is 15.5. The minimum Gasteiger partial charge on any atom is -0.350 e. The fourth-order valence-electron chi connectivity index (χ4n) is 3.60. The van der Waals surface area contributed by atoms with E-state index < -0.39 is 11.9 Å². The van der Waals surface area contributed by atoms with E-state index in [2.05, 4.69) is 5.32 Å². The molecule has 0 saturated heterocycles. The molecule has 1 saturated carbocycles. The third kappa shape index (κ3) is 3.69. The molecule has 6 heteroatoms. The van der Waals surface area contributed by atoms with Crippen molar-refractivity contribution in [1.29, 1.82) is 0 Å². The van der Waals surface area contributed by atoms with Crippen LogP contribution in [0.1, 0.15) is 35.6 Å². The molecule has 1 N–H and O–H groups in total. The molecule has 27 heavy (non-hydrogen) atoms. The largest absolute Gasteiger partial charge is 0.350 e. The molecule has 1 heterocycles. The lowest BCUT2D eigenvalue weighted by Gasteiger charge is -2.36. The van der Waals surface area contributed by atoms with Gasteiger partial charge in [0.15, 0.2) is 0 Å². The summed E-state index contributed by atoms with van der Waals surface area (Å²) in [5, 5.41) is 3.14. The Bertz CT molecular complexity index is 898. The van der Waals surface area contributed by atoms with Crippen LogP contribution in [0, 0.1) is 11.7 Å². The lowest BCUT2D eigenvalue weighted by molar-refractivity contribution is -0.142. The van der Waals surface area contributed by atoms with Gasteiger partial charge in [0.2, 0.25) is 11.8 Å². The molecule has 0 bridgehead atoms. The van der Waals surface area contributed by atoms with Crippen LogP contribution in [0.3, 0.4) is 0 Å². The number of carbonyl (C=O) groups excluding carboxylic acids is 2. The van der Waals surface area contributed by atoms with Gasteiger partial charge in [-0.2, -0.15) is 0 Å². The second-order valence-electron chi connectivity index (χ2n) is 7.11. The molecular weight excluding hydrogens is 367 g/mol. The maximum absolute atomic E-state index is 13.2. The molecule has 1 atom stereocenters. The Labute approximate surface area is 162 Å². The summed E-state index contributed by atoms with van der Waals surface area (Å²) >= 11 is 6.05. The van der Waals surface area contributed by atoms with E-state index in [0.717, 1.165) is 30.4 Å². The van der Waals surface area contributed by atoms with Crippen LogP contribution in [-0.4, -0.2) is 23.3 Å². The fraction of sp³-hybridized carbons (Fsp3) is 0.333. The minimum atomic E-state index is -0.637. The summed E-state index contributed by atoms with van der Waals surface area (Å²) in [6.45, 7) is 0.726. The van der Waals surface area contributed by atoms with Gasteiger partial charge in [-0.25, -0.2) is 4.39 Å². The molecule has 4 nitrogen and oxygen atoms in total. The molecule has 2 aromatic carbocycles. The average Bonchev–Trinajstić information content (AvgIpc) is 3.51. The summed E-state index contributed by atoms with van der Waals surface area (Å²) < 4.78 is 13.2. The number of carbonyl (C=O) groups is 2. The number of hydrogen-bond donors (Lipinski definition) is 1. The first kappa shape index (κ1) is 18.0. The first-order chi connectivity index (χ1) is 13.0. The van der Waals surface area contributed by atoms with Crippen LogP contribution in [0.4, 0.5) is 4.39 Å². The van der Waals surface area contributed by atoms with Crippen LogP contribution in [0.2, 0.25) is 5.02 Å². The number of hydrogen-bond acceptors (Lipinski definition) is 2. The molecule has 0 radical (unpaired) electrons. The fourth-order valence-corrected chi connectivity index (χ4v) is 3.83. The number of halogens is 2. The first-order valence-corrected chi connectivity index (χ1v) is 9.52. The Morgan fingerprint density at radius 1 is 1.19 bits per heavy atom. The first-order valence-electron chi connectivity index (χ1n) is 9.14. The normalized spacial score (nSPS) is 18.7. The lowest BCUT2D eigenvalue weighted by atomic mass is 9.91. The summed E-state index contributed by atoms with van der Waals surface area (Å²) in [4.78, 5) is 27.5. The zero-order chi connectivity index (χ0) is 19.0. The van der Waals surface area contributed by atoms with Crippen molar-refractivity contribution >= 4 is 23.4 Å². The third-order valence-electron chi connectivity index (χ3n) is 5.21. The predicted octanol–water partition coefficient (Wildman–Crippen LogP) is 3.63. The van der Waals surface area contributed by atoms with Crippen molar-refractivity contribution in [2.45, 2.75) is 31.8 Å². The number of nitrogens with zero attached hydrogens (tertiary/aromatic N) is 1. The topological polar surface area (TPSA) is 49.4 Å². The van der Waals surface area contributed by atoms with Gasteiger partial charge in [-0.3, -0.25) is 9.59 Å². The van der Waals surface area contributed by atoms with E-state index in [4.69, 9.17) is 11.6 Å². The maximum Gasteiger partial charge on any atom is 0.247 e. The predicted molar refractivity (Wildman–Crippen MR) is 101 cm³/mol. The highest BCUT2D eigenvalue weighted by Crippen LogP contribution is 2.37. The molecule has 0 aromatic heterocycles. The van der Waals surface area contributed by atoms with Crippen molar-refractivity contribution in [3.05, 3.63) is 70.0 Å². The third-order valence-corrected chi connectivity index (χ3v) is 5.56. The number of fused-ring (bicyclic) bond motifs is 1. The van der Waals surface area contributed by atoms with Gasteiger partial charge in [0, 0.05) is 24.0 Å². The average molecular weight is 387 g/mol. The molecule has 0 unspecified atom stereocenters. The van der Waals surface area contributed by atoms with E-state index in [0.29, 0.717) is 12.1 Å².